The normalized spacial score (nSPS) is 24.0. The number of hydrogen-bond donors (Lipinski definition) is 1. The topological polar surface area (TPSA) is 35.6 Å². The zero-order chi connectivity index (χ0) is 16.9. The molecule has 2 saturated heterocycles. The molecule has 0 bridgehead atoms. The van der Waals surface area contributed by atoms with E-state index < -0.39 is 0 Å². The van der Waals surface area contributed by atoms with Gasteiger partial charge in [-0.3, -0.25) is 9.69 Å². The number of hydrogen-bond acceptors (Lipinski definition) is 4. The molecule has 4 nitrogen and oxygen atoms in total. The number of likely N-dealkylation sites (tertiary alicyclic amines) is 2. The van der Waals surface area contributed by atoms with Gasteiger partial charge in [-0.15, -0.1) is 11.8 Å². The van der Waals surface area contributed by atoms with Gasteiger partial charge in [-0.05, 0) is 82.9 Å². The van der Waals surface area contributed by atoms with Gasteiger partial charge < -0.3 is 10.2 Å². The molecule has 2 fully saturated rings. The Bertz CT molecular complexity index is 540. The van der Waals surface area contributed by atoms with E-state index in [1.165, 1.54) is 43.8 Å². The number of benzene rings is 1. The maximum Gasteiger partial charge on any atom is 0.251 e. The van der Waals surface area contributed by atoms with Gasteiger partial charge in [0.1, 0.15) is 0 Å². The van der Waals surface area contributed by atoms with E-state index in [2.05, 4.69) is 28.4 Å². The molecule has 3 rings (SSSR count). The SMILES string of the molecule is CSc1ccc(C(=O)N[C@@H]2CCCN(C3CCN(C)CC3)C2)cc1. The molecule has 2 heterocycles. The average molecular weight is 348 g/mol. The van der Waals surface area contributed by atoms with Crippen molar-refractivity contribution in [3.05, 3.63) is 29.8 Å². The number of rotatable bonds is 4. The van der Waals surface area contributed by atoms with Crippen LogP contribution in [0.15, 0.2) is 29.2 Å². The summed E-state index contributed by atoms with van der Waals surface area (Å²) in [4.78, 5) is 18.7. The molecule has 1 atom stereocenters. The molecule has 1 amide bonds. The molecule has 0 unspecified atom stereocenters. The lowest BCUT2D eigenvalue weighted by molar-refractivity contribution is 0.0766. The highest BCUT2D eigenvalue weighted by molar-refractivity contribution is 7.98. The van der Waals surface area contributed by atoms with Crippen molar-refractivity contribution in [2.45, 2.75) is 42.7 Å². The predicted molar refractivity (Wildman–Crippen MR) is 101 cm³/mol. The number of thioether (sulfide) groups is 1. The summed E-state index contributed by atoms with van der Waals surface area (Å²) in [5.74, 6) is 0.0675. The van der Waals surface area contributed by atoms with Crippen molar-refractivity contribution in [1.82, 2.24) is 15.1 Å². The number of carbonyl (C=O) groups is 1. The molecular formula is C19H29N3OS. The molecule has 1 aromatic carbocycles. The van der Waals surface area contributed by atoms with E-state index in [1.807, 2.05) is 24.3 Å². The second kappa shape index (κ2) is 8.37. The molecule has 2 aliphatic rings. The van der Waals surface area contributed by atoms with Crippen LogP contribution >= 0.6 is 11.8 Å². The smallest absolute Gasteiger partial charge is 0.251 e. The molecule has 24 heavy (non-hydrogen) atoms. The Balaban J connectivity index is 1.53. The van der Waals surface area contributed by atoms with Crippen LogP contribution in [0.4, 0.5) is 0 Å². The molecule has 5 heteroatoms. The molecule has 0 saturated carbocycles. The Morgan fingerprint density at radius 3 is 2.50 bits per heavy atom. The first-order valence-corrected chi connectivity index (χ1v) is 10.3. The van der Waals surface area contributed by atoms with Crippen LogP contribution in [0.25, 0.3) is 0 Å². The van der Waals surface area contributed by atoms with E-state index in [-0.39, 0.29) is 11.9 Å². The first-order valence-electron chi connectivity index (χ1n) is 9.03. The number of nitrogens with zero attached hydrogens (tertiary/aromatic N) is 2. The minimum atomic E-state index is 0.0675. The monoisotopic (exact) mass is 347 g/mol. The Hall–Kier alpha value is -1.04. The van der Waals surface area contributed by atoms with Crippen LogP contribution in [0.2, 0.25) is 0 Å². The molecule has 2 aliphatic heterocycles. The number of carbonyl (C=O) groups excluding carboxylic acids is 1. The maximum atomic E-state index is 12.5. The lowest BCUT2D eigenvalue weighted by Crippen LogP contribution is -2.53. The van der Waals surface area contributed by atoms with Gasteiger partial charge >= 0.3 is 0 Å². The van der Waals surface area contributed by atoms with Gasteiger partial charge in [0.15, 0.2) is 0 Å². The van der Waals surface area contributed by atoms with Crippen molar-refractivity contribution in [3.8, 4) is 0 Å². The summed E-state index contributed by atoms with van der Waals surface area (Å²) < 4.78 is 0. The highest BCUT2D eigenvalue weighted by Crippen LogP contribution is 2.21. The Morgan fingerprint density at radius 1 is 1.12 bits per heavy atom. The minimum Gasteiger partial charge on any atom is -0.348 e. The number of amides is 1. The Kier molecular flexibility index (Phi) is 6.19. The van der Waals surface area contributed by atoms with Gasteiger partial charge in [-0.25, -0.2) is 0 Å². The van der Waals surface area contributed by atoms with Crippen molar-refractivity contribution in [2.75, 3.05) is 39.5 Å². The molecular weight excluding hydrogens is 318 g/mol. The van der Waals surface area contributed by atoms with E-state index in [1.54, 1.807) is 11.8 Å². The van der Waals surface area contributed by atoms with Crippen LogP contribution in [-0.4, -0.2) is 67.3 Å². The Labute approximate surface area is 150 Å². The van der Waals surface area contributed by atoms with Crippen molar-refractivity contribution < 1.29 is 4.79 Å². The average Bonchev–Trinajstić information content (AvgIpc) is 2.62. The third-order valence-corrected chi connectivity index (χ3v) is 6.09. The fraction of sp³-hybridized carbons (Fsp3) is 0.632. The molecule has 0 radical (unpaired) electrons. The van der Waals surface area contributed by atoms with Crippen LogP contribution in [0, 0.1) is 0 Å². The van der Waals surface area contributed by atoms with E-state index >= 15 is 0 Å². The minimum absolute atomic E-state index is 0.0675. The number of nitrogens with one attached hydrogen (secondary N) is 1. The van der Waals surface area contributed by atoms with Crippen LogP contribution in [-0.2, 0) is 0 Å². The summed E-state index contributed by atoms with van der Waals surface area (Å²) in [5, 5.41) is 3.25. The second-order valence-electron chi connectivity index (χ2n) is 7.07. The third kappa shape index (κ3) is 4.52. The summed E-state index contributed by atoms with van der Waals surface area (Å²) in [6.45, 7) is 4.58. The van der Waals surface area contributed by atoms with Crippen molar-refractivity contribution in [2.24, 2.45) is 0 Å². The van der Waals surface area contributed by atoms with Crippen molar-refractivity contribution >= 4 is 17.7 Å². The first kappa shape index (κ1) is 17.8. The van der Waals surface area contributed by atoms with Gasteiger partial charge in [0.2, 0.25) is 0 Å². The largest absolute Gasteiger partial charge is 0.348 e. The lowest BCUT2D eigenvalue weighted by atomic mass is 9.98. The van der Waals surface area contributed by atoms with Crippen LogP contribution in [0.5, 0.6) is 0 Å². The molecule has 1 N–H and O–H groups in total. The molecule has 0 aromatic heterocycles. The summed E-state index contributed by atoms with van der Waals surface area (Å²) in [6.07, 6.45) is 6.84. The van der Waals surface area contributed by atoms with E-state index in [0.29, 0.717) is 6.04 Å². The fourth-order valence-corrected chi connectivity index (χ4v) is 4.24. The first-order chi connectivity index (χ1) is 11.7. The van der Waals surface area contributed by atoms with Crippen LogP contribution in [0.3, 0.4) is 0 Å². The summed E-state index contributed by atoms with van der Waals surface area (Å²) in [5.41, 5.74) is 0.768. The van der Waals surface area contributed by atoms with Gasteiger partial charge in [0, 0.05) is 29.1 Å². The zero-order valence-corrected chi connectivity index (χ0v) is 15.6. The lowest BCUT2D eigenvalue weighted by Gasteiger charge is -2.41. The summed E-state index contributed by atoms with van der Waals surface area (Å²) in [6, 6.07) is 8.88. The molecule has 1 aromatic rings. The van der Waals surface area contributed by atoms with E-state index in [0.717, 1.165) is 18.5 Å². The Morgan fingerprint density at radius 2 is 1.83 bits per heavy atom. The highest BCUT2D eigenvalue weighted by Gasteiger charge is 2.28. The quantitative estimate of drug-likeness (QED) is 0.850. The molecule has 0 aliphatic carbocycles. The molecule has 0 spiro atoms. The highest BCUT2D eigenvalue weighted by atomic mass is 32.2. The summed E-state index contributed by atoms with van der Waals surface area (Å²) >= 11 is 1.70. The van der Waals surface area contributed by atoms with Crippen molar-refractivity contribution in [1.29, 1.82) is 0 Å². The fourth-order valence-electron chi connectivity index (χ4n) is 3.83. The van der Waals surface area contributed by atoms with Crippen molar-refractivity contribution in [3.63, 3.8) is 0 Å². The van der Waals surface area contributed by atoms with E-state index in [4.69, 9.17) is 0 Å². The van der Waals surface area contributed by atoms with Crippen LogP contribution in [0.1, 0.15) is 36.0 Å². The van der Waals surface area contributed by atoms with Crippen LogP contribution < -0.4 is 5.32 Å². The van der Waals surface area contributed by atoms with Gasteiger partial charge in [-0.2, -0.15) is 0 Å². The third-order valence-electron chi connectivity index (χ3n) is 5.34. The van der Waals surface area contributed by atoms with Gasteiger partial charge in [0.25, 0.3) is 5.91 Å². The second-order valence-corrected chi connectivity index (χ2v) is 7.95. The van der Waals surface area contributed by atoms with E-state index in [9.17, 15) is 4.79 Å². The zero-order valence-electron chi connectivity index (χ0n) is 14.8. The number of piperidine rings is 2. The van der Waals surface area contributed by atoms with Gasteiger partial charge in [0.05, 0.1) is 0 Å². The summed E-state index contributed by atoms with van der Waals surface area (Å²) in [7, 11) is 2.21. The predicted octanol–water partition coefficient (Wildman–Crippen LogP) is 2.70. The standard InChI is InChI=1S/C19H29N3OS/c1-21-12-9-17(10-13-21)22-11-3-4-16(14-22)20-19(23)15-5-7-18(24-2)8-6-15/h5-8,16-17H,3-4,9-14H2,1-2H3,(H,20,23)/t16-/m1/s1. The molecule has 132 valence electrons. The maximum absolute atomic E-state index is 12.5. The van der Waals surface area contributed by atoms with Gasteiger partial charge in [-0.1, -0.05) is 0 Å².